The molecule has 1 amide bonds. The SMILES string of the molecule is C[C@@H](NC(=O)OC(C)(C)C)C(=O)OCCOCCNc1cccc2c1C(=O)c1ccccc1C2=O. The molecule has 0 bridgehead atoms. The van der Waals surface area contributed by atoms with E-state index in [1.54, 1.807) is 63.2 Å². The van der Waals surface area contributed by atoms with E-state index in [-0.39, 0.29) is 31.4 Å². The van der Waals surface area contributed by atoms with Crippen LogP contribution in [0.1, 0.15) is 59.5 Å². The second-order valence-corrected chi connectivity index (χ2v) is 9.01. The van der Waals surface area contributed by atoms with E-state index in [0.29, 0.717) is 34.5 Å². The molecule has 9 nitrogen and oxygen atoms in total. The quantitative estimate of drug-likeness (QED) is 0.352. The van der Waals surface area contributed by atoms with Crippen LogP contribution in [0.25, 0.3) is 0 Å². The van der Waals surface area contributed by atoms with Crippen LogP contribution in [0.3, 0.4) is 0 Å². The van der Waals surface area contributed by atoms with E-state index in [0.717, 1.165) is 0 Å². The van der Waals surface area contributed by atoms with Gasteiger partial charge in [-0.05, 0) is 33.8 Å². The zero-order valence-electron chi connectivity index (χ0n) is 20.3. The predicted molar refractivity (Wildman–Crippen MR) is 129 cm³/mol. The molecule has 35 heavy (non-hydrogen) atoms. The minimum Gasteiger partial charge on any atom is -0.462 e. The van der Waals surface area contributed by atoms with Gasteiger partial charge in [0.2, 0.25) is 0 Å². The fourth-order valence-corrected chi connectivity index (χ4v) is 3.52. The van der Waals surface area contributed by atoms with Gasteiger partial charge in [-0.3, -0.25) is 9.59 Å². The number of amides is 1. The molecule has 0 heterocycles. The topological polar surface area (TPSA) is 120 Å². The highest BCUT2D eigenvalue weighted by Crippen LogP contribution is 2.31. The molecule has 0 fully saturated rings. The Morgan fingerprint density at radius 3 is 2.23 bits per heavy atom. The van der Waals surface area contributed by atoms with E-state index in [2.05, 4.69) is 10.6 Å². The van der Waals surface area contributed by atoms with E-state index in [1.165, 1.54) is 6.92 Å². The predicted octanol–water partition coefficient (Wildman–Crippen LogP) is 3.35. The molecule has 1 aliphatic rings. The first-order valence-electron chi connectivity index (χ1n) is 11.4. The number of esters is 1. The third-order valence-electron chi connectivity index (χ3n) is 5.07. The maximum Gasteiger partial charge on any atom is 0.408 e. The zero-order chi connectivity index (χ0) is 25.6. The van der Waals surface area contributed by atoms with Crippen molar-refractivity contribution in [3.8, 4) is 0 Å². The summed E-state index contributed by atoms with van der Waals surface area (Å²) in [6.45, 7) is 7.52. The summed E-state index contributed by atoms with van der Waals surface area (Å²) >= 11 is 0. The molecule has 3 rings (SSSR count). The molecule has 0 unspecified atom stereocenters. The average molecular weight is 483 g/mol. The normalized spacial score (nSPS) is 13.4. The standard InChI is InChI=1S/C26H30N2O7/c1-16(28-25(32)35-26(2,3)4)24(31)34-15-14-33-13-12-27-20-11-7-10-19-21(20)23(30)18-9-6-5-8-17(18)22(19)29/h5-11,16,27H,12-15H2,1-4H3,(H,28,32)/t16-/m1/s1. The highest BCUT2D eigenvalue weighted by Gasteiger charge is 2.31. The largest absolute Gasteiger partial charge is 0.462 e. The Morgan fingerprint density at radius 1 is 0.886 bits per heavy atom. The second-order valence-electron chi connectivity index (χ2n) is 9.01. The van der Waals surface area contributed by atoms with Gasteiger partial charge < -0.3 is 24.8 Å². The lowest BCUT2D eigenvalue weighted by Crippen LogP contribution is -2.42. The number of anilines is 1. The lowest BCUT2D eigenvalue weighted by Gasteiger charge is -2.21. The van der Waals surface area contributed by atoms with Gasteiger partial charge in [0, 0.05) is 28.9 Å². The van der Waals surface area contributed by atoms with Gasteiger partial charge in [-0.2, -0.15) is 0 Å². The molecule has 9 heteroatoms. The van der Waals surface area contributed by atoms with Gasteiger partial charge >= 0.3 is 12.1 Å². The Hall–Kier alpha value is -3.72. The molecule has 0 saturated carbocycles. The smallest absolute Gasteiger partial charge is 0.408 e. The van der Waals surface area contributed by atoms with Crippen molar-refractivity contribution in [1.82, 2.24) is 5.32 Å². The summed E-state index contributed by atoms with van der Waals surface area (Å²) in [4.78, 5) is 49.5. The van der Waals surface area contributed by atoms with Crippen molar-refractivity contribution < 1.29 is 33.4 Å². The summed E-state index contributed by atoms with van der Waals surface area (Å²) in [5.41, 5.74) is 1.44. The number of ether oxygens (including phenoxy) is 3. The van der Waals surface area contributed by atoms with Gasteiger partial charge in [-0.15, -0.1) is 0 Å². The fourth-order valence-electron chi connectivity index (χ4n) is 3.52. The summed E-state index contributed by atoms with van der Waals surface area (Å²) in [7, 11) is 0. The summed E-state index contributed by atoms with van der Waals surface area (Å²) in [6.07, 6.45) is -0.698. The molecule has 0 spiro atoms. The number of hydrogen-bond acceptors (Lipinski definition) is 8. The Kier molecular flexibility index (Phi) is 8.24. The van der Waals surface area contributed by atoms with Crippen molar-refractivity contribution in [3.63, 3.8) is 0 Å². The lowest BCUT2D eigenvalue weighted by atomic mass is 9.83. The molecule has 1 aliphatic carbocycles. The molecule has 0 saturated heterocycles. The van der Waals surface area contributed by atoms with Gasteiger partial charge in [0.1, 0.15) is 18.2 Å². The maximum absolute atomic E-state index is 13.0. The molecule has 2 N–H and O–H groups in total. The summed E-state index contributed by atoms with van der Waals surface area (Å²) in [5, 5.41) is 5.56. The number of nitrogens with one attached hydrogen (secondary N) is 2. The van der Waals surface area contributed by atoms with Crippen LogP contribution >= 0.6 is 0 Å². The Bertz CT molecular complexity index is 1120. The van der Waals surface area contributed by atoms with E-state index < -0.39 is 23.7 Å². The van der Waals surface area contributed by atoms with Crippen molar-refractivity contribution in [3.05, 3.63) is 64.7 Å². The van der Waals surface area contributed by atoms with Crippen LogP contribution in [-0.4, -0.2) is 61.6 Å². The minimum atomic E-state index is -0.860. The van der Waals surface area contributed by atoms with Crippen LogP contribution in [0.5, 0.6) is 0 Å². The lowest BCUT2D eigenvalue weighted by molar-refractivity contribution is -0.147. The number of fused-ring (bicyclic) bond motifs is 2. The highest BCUT2D eigenvalue weighted by molar-refractivity contribution is 6.30. The van der Waals surface area contributed by atoms with Crippen LogP contribution < -0.4 is 10.6 Å². The number of benzene rings is 2. The molecular formula is C26H30N2O7. The molecular weight excluding hydrogens is 452 g/mol. The summed E-state index contributed by atoms with van der Waals surface area (Å²) < 4.78 is 15.7. The summed E-state index contributed by atoms with van der Waals surface area (Å²) in [5.74, 6) is -0.968. The number of hydrogen-bond donors (Lipinski definition) is 2. The maximum atomic E-state index is 13.0. The number of rotatable bonds is 9. The Labute approximate surface area is 204 Å². The zero-order valence-corrected chi connectivity index (χ0v) is 20.3. The van der Waals surface area contributed by atoms with Gasteiger partial charge in [-0.1, -0.05) is 36.4 Å². The van der Waals surface area contributed by atoms with Gasteiger partial charge in [0.05, 0.1) is 18.8 Å². The average Bonchev–Trinajstić information content (AvgIpc) is 2.80. The summed E-state index contributed by atoms with van der Waals surface area (Å²) in [6, 6.07) is 11.1. The van der Waals surface area contributed by atoms with E-state index in [9.17, 15) is 19.2 Å². The first kappa shape index (κ1) is 25.9. The van der Waals surface area contributed by atoms with Crippen LogP contribution in [0.4, 0.5) is 10.5 Å². The molecule has 0 aromatic heterocycles. The molecule has 2 aromatic carbocycles. The van der Waals surface area contributed by atoms with Crippen LogP contribution in [0.15, 0.2) is 42.5 Å². The van der Waals surface area contributed by atoms with Crippen LogP contribution in [-0.2, 0) is 19.0 Å². The van der Waals surface area contributed by atoms with Gasteiger partial charge in [0.15, 0.2) is 11.6 Å². The van der Waals surface area contributed by atoms with E-state index >= 15 is 0 Å². The highest BCUT2D eigenvalue weighted by atomic mass is 16.6. The molecule has 2 aromatic rings. The molecule has 1 atom stereocenters. The van der Waals surface area contributed by atoms with E-state index in [4.69, 9.17) is 14.2 Å². The van der Waals surface area contributed by atoms with Crippen molar-refractivity contribution in [1.29, 1.82) is 0 Å². The van der Waals surface area contributed by atoms with Crippen LogP contribution in [0.2, 0.25) is 0 Å². The van der Waals surface area contributed by atoms with Gasteiger partial charge in [-0.25, -0.2) is 9.59 Å². The Balaban J connectivity index is 1.41. The molecule has 0 aliphatic heterocycles. The fraction of sp³-hybridized carbons (Fsp3) is 0.385. The van der Waals surface area contributed by atoms with Gasteiger partial charge in [0.25, 0.3) is 0 Å². The number of alkyl carbamates (subject to hydrolysis) is 1. The first-order valence-corrected chi connectivity index (χ1v) is 11.4. The molecule has 0 radical (unpaired) electrons. The number of carbonyl (C=O) groups is 4. The minimum absolute atomic E-state index is 0.0175. The number of ketones is 2. The molecule has 186 valence electrons. The van der Waals surface area contributed by atoms with Crippen molar-refractivity contribution >= 4 is 29.3 Å². The van der Waals surface area contributed by atoms with Crippen molar-refractivity contribution in [2.75, 3.05) is 31.7 Å². The van der Waals surface area contributed by atoms with Crippen molar-refractivity contribution in [2.24, 2.45) is 0 Å². The Morgan fingerprint density at radius 2 is 1.54 bits per heavy atom. The van der Waals surface area contributed by atoms with E-state index in [1.807, 2.05) is 0 Å². The third kappa shape index (κ3) is 6.66. The van der Waals surface area contributed by atoms with Crippen LogP contribution in [0, 0.1) is 0 Å². The number of carbonyl (C=O) groups excluding carboxylic acids is 4. The monoisotopic (exact) mass is 482 g/mol. The first-order chi connectivity index (χ1) is 16.6. The third-order valence-corrected chi connectivity index (χ3v) is 5.07. The second kappa shape index (κ2) is 11.1. The van der Waals surface area contributed by atoms with Crippen molar-refractivity contribution in [2.45, 2.75) is 39.3 Å².